The highest BCUT2D eigenvalue weighted by atomic mass is 32.5. The van der Waals surface area contributed by atoms with Gasteiger partial charge in [0.2, 0.25) is 5.91 Å². The van der Waals surface area contributed by atoms with Gasteiger partial charge in [0.25, 0.3) is 0 Å². The van der Waals surface area contributed by atoms with Crippen LogP contribution in [0.25, 0.3) is 22.3 Å². The van der Waals surface area contributed by atoms with Crippen LogP contribution in [0, 0.1) is 5.41 Å². The van der Waals surface area contributed by atoms with Crippen LogP contribution in [0.15, 0.2) is 37.5 Å². The molecule has 8 rings (SSSR count). The summed E-state index contributed by atoms with van der Waals surface area (Å²) in [5.74, 6) is -1.56. The van der Waals surface area contributed by atoms with E-state index in [1.54, 1.807) is 19.1 Å². The minimum Gasteiger partial charge on any atom is -0.480 e. The Hall–Kier alpha value is -4.92. The predicted molar refractivity (Wildman–Crippen MR) is 211 cm³/mol. The highest BCUT2D eigenvalue weighted by Crippen LogP contribution is 2.52. The molecule has 12 atom stereocenters. The molecule has 4 unspecified atom stereocenters. The van der Waals surface area contributed by atoms with Gasteiger partial charge in [0, 0.05) is 9.98 Å². The van der Waals surface area contributed by atoms with Crippen molar-refractivity contribution in [3.63, 3.8) is 0 Å². The van der Waals surface area contributed by atoms with E-state index in [2.05, 4.69) is 35.2 Å². The van der Waals surface area contributed by atoms with Crippen molar-refractivity contribution in [2.45, 2.75) is 87.8 Å². The van der Waals surface area contributed by atoms with Gasteiger partial charge in [-0.15, -0.1) is 9.05 Å². The number of amides is 1. The number of allylic oxidation sites excluding steroid dienone is 1. The van der Waals surface area contributed by atoms with E-state index in [0.717, 1.165) is 0 Å². The zero-order chi connectivity index (χ0) is 43.9. The van der Waals surface area contributed by atoms with Gasteiger partial charge < -0.3 is 55.4 Å². The highest BCUT2D eigenvalue weighted by molar-refractivity contribution is 8.07. The third-order valence-corrected chi connectivity index (χ3v) is 13.1. The number of carboxylic acids is 1. The summed E-state index contributed by atoms with van der Waals surface area (Å²) >= 11 is 5.40. The van der Waals surface area contributed by atoms with Crippen LogP contribution in [-0.2, 0) is 63.0 Å². The van der Waals surface area contributed by atoms with Gasteiger partial charge >= 0.3 is 27.1 Å². The quantitative estimate of drug-likeness (QED) is 0.0852. The Balaban J connectivity index is 1.05. The number of carbonyl (C=O) groups excluding carboxylic acids is 2. The third-order valence-electron chi connectivity index (χ3n) is 10.8. The molecule has 29 heteroatoms. The van der Waals surface area contributed by atoms with Crippen molar-refractivity contribution in [1.29, 1.82) is 0 Å². The van der Waals surface area contributed by atoms with Crippen LogP contribution in [0.5, 0.6) is 0 Å². The van der Waals surface area contributed by atoms with Crippen LogP contribution in [0.3, 0.4) is 0 Å². The number of aromatic nitrogens is 8. The molecule has 4 aliphatic rings. The first-order chi connectivity index (χ1) is 29.6. The van der Waals surface area contributed by atoms with Gasteiger partial charge in [-0.2, -0.15) is 0 Å². The number of aliphatic carboxylic acids is 1. The first-order valence-electron chi connectivity index (χ1n) is 18.9. The molecule has 3 fully saturated rings. The second-order valence-corrected chi connectivity index (χ2v) is 18.5. The summed E-state index contributed by atoms with van der Waals surface area (Å²) in [7, 11) is -3.13. The van der Waals surface area contributed by atoms with Gasteiger partial charge in [-0.1, -0.05) is 13.0 Å². The first kappa shape index (κ1) is 43.7. The zero-order valence-corrected chi connectivity index (χ0v) is 35.0. The Kier molecular flexibility index (Phi) is 12.5. The van der Waals surface area contributed by atoms with Gasteiger partial charge in [-0.3, -0.25) is 23.2 Å². The van der Waals surface area contributed by atoms with Crippen molar-refractivity contribution in [3.8, 4) is 0 Å². The third kappa shape index (κ3) is 8.96. The number of nitrogens with two attached hydrogens (primary N) is 2. The second kappa shape index (κ2) is 17.7. The molecule has 62 heavy (non-hydrogen) atoms. The topological polar surface area (TPSA) is 354 Å². The number of imidazole rings is 2. The smallest absolute Gasteiger partial charge is 0.480 e. The summed E-state index contributed by atoms with van der Waals surface area (Å²) in [5.41, 5.74) is 11.8. The second-order valence-electron chi connectivity index (χ2n) is 14.8. The summed E-state index contributed by atoms with van der Waals surface area (Å²) < 4.78 is 63.6. The monoisotopic (exact) mass is 924 g/mol. The lowest BCUT2D eigenvalue weighted by atomic mass is 9.78. The fraction of sp³-hybridized carbons (Fsp3) is 0.545. The van der Waals surface area contributed by atoms with E-state index >= 15 is 0 Å². The highest BCUT2D eigenvalue weighted by Gasteiger charge is 2.56. The molecule has 4 aromatic heterocycles. The van der Waals surface area contributed by atoms with Crippen molar-refractivity contribution in [1.82, 2.24) is 44.4 Å². The maximum atomic E-state index is 13.7. The lowest BCUT2D eigenvalue weighted by molar-refractivity contribution is -0.140. The fourth-order valence-corrected chi connectivity index (χ4v) is 9.73. The van der Waals surface area contributed by atoms with E-state index in [-0.39, 0.29) is 46.8 Å². The number of carbonyl (C=O) groups is 3. The van der Waals surface area contributed by atoms with Crippen LogP contribution in [0.4, 0.5) is 16.4 Å². The van der Waals surface area contributed by atoms with Crippen LogP contribution < -0.4 is 16.8 Å². The largest absolute Gasteiger partial charge is 0.698 e. The van der Waals surface area contributed by atoms with E-state index in [1.165, 1.54) is 34.4 Å². The maximum absolute atomic E-state index is 13.7. The number of rotatable bonds is 7. The summed E-state index contributed by atoms with van der Waals surface area (Å²) in [4.78, 5) is 74.1. The Morgan fingerprint density at radius 2 is 1.63 bits per heavy atom. The molecule has 2 bridgehead atoms. The summed E-state index contributed by atoms with van der Waals surface area (Å²) in [6, 6.07) is 0. The van der Waals surface area contributed by atoms with Crippen LogP contribution >= 0.6 is 15.0 Å². The number of nitrogens with zero attached hydrogens (tertiary/aromatic N) is 8. The van der Waals surface area contributed by atoms with Crippen molar-refractivity contribution in [2.75, 3.05) is 31.2 Å². The number of nitrogen functional groups attached to an aromatic ring is 2. The Morgan fingerprint density at radius 1 is 0.968 bits per heavy atom. The van der Waals surface area contributed by atoms with E-state index in [1.807, 2.05) is 0 Å². The number of anilines is 2. The minimum absolute atomic E-state index is 0.0250. The molecule has 332 valence electrons. The molecule has 0 saturated carbocycles. The summed E-state index contributed by atoms with van der Waals surface area (Å²) in [6.07, 6.45) is -3.77. The van der Waals surface area contributed by atoms with E-state index < -0.39 is 113 Å². The number of aliphatic hydroxyl groups excluding tert-OH is 1. The number of carboxylic acid groups (broad SMARTS) is 1. The van der Waals surface area contributed by atoms with Crippen molar-refractivity contribution in [3.05, 3.63) is 37.5 Å². The molecule has 0 spiro atoms. The molecule has 3 saturated heterocycles. The maximum Gasteiger partial charge on any atom is 0.698 e. The van der Waals surface area contributed by atoms with E-state index in [0.29, 0.717) is 12.8 Å². The Labute approximate surface area is 355 Å². The first-order valence-corrected chi connectivity index (χ1v) is 22.6. The molecule has 1 amide bonds. The summed E-state index contributed by atoms with van der Waals surface area (Å²) in [6.45, 7) is -4.37. The lowest BCUT2D eigenvalue weighted by Gasteiger charge is -2.30. The lowest BCUT2D eigenvalue weighted by Crippen LogP contribution is -2.42. The number of hydrogen-bond acceptors (Lipinski definition) is 22. The van der Waals surface area contributed by atoms with Crippen molar-refractivity contribution in [2.24, 2.45) is 5.41 Å². The fourth-order valence-electron chi connectivity index (χ4n) is 7.53. The molecule has 4 aromatic rings. The average molecular weight is 925 g/mol. The average Bonchev–Trinajstić information content (AvgIpc) is 4.00. The molecule has 26 nitrogen and oxygen atoms in total. The van der Waals surface area contributed by atoms with Crippen LogP contribution in [-0.4, -0.2) is 135 Å². The molecule has 0 radical (unpaired) electrons. The van der Waals surface area contributed by atoms with Gasteiger partial charge in [-0.05, 0) is 43.6 Å². The van der Waals surface area contributed by atoms with Gasteiger partial charge in [-0.25, -0.2) is 34.7 Å². The van der Waals surface area contributed by atoms with Gasteiger partial charge in [0.05, 0.1) is 19.3 Å². The van der Waals surface area contributed by atoms with E-state index in [4.69, 9.17) is 65.4 Å². The molecule has 8 N–H and O–H groups in total. The number of ether oxygens (including phenoxy) is 4. The molecule has 7 heterocycles. The van der Waals surface area contributed by atoms with Crippen molar-refractivity contribution < 1.29 is 71.1 Å². The number of hydrogen-bond donors (Lipinski definition) is 6. The standard InChI is InChI=1S/C33H39N11O15P2S/c1-33(31(48)36-8-18(45)46)6-3-2-4-15(5-7-33)54-32(49)57-24-22-17(56-30(24)44-14-42-20-26(35)38-12-40-28(20)44)10-53-61(51,62)59-23-21(47)16(9-52-60(50)58-22)55-29(23)43-13-41-19-25(34)37-11-39-27(19)43/h2,4,11-17,21-24,29-30,47H,3,5-10H2,1H3,(H6-,34,35,36,37,38,39,40,45,46,48,51,62)/p+1/b4-2+/t15?,16-,17-,21-,22-,23-,24-,29-,30-,33?,61?/m1/s1. The number of nitrogens with one attached hydrogen (secondary N) is 1. The predicted octanol–water partition coefficient (Wildman–Crippen LogP) is 0.905. The summed E-state index contributed by atoms with van der Waals surface area (Å²) in [5, 5.41) is 22.8. The molecule has 1 aliphatic carbocycles. The number of fused-ring (bicyclic) bond motifs is 5. The Bertz CT molecular complexity index is 2460. The minimum atomic E-state index is -4.34. The van der Waals surface area contributed by atoms with Gasteiger partial charge in [0.15, 0.2) is 47.6 Å². The molecular formula is C33H40N11O15P2S+. The molecule has 3 aliphatic heterocycles. The normalized spacial score (nSPS) is 34.2. The molecular weight excluding hydrogens is 884 g/mol. The number of aliphatic hydroxyl groups is 1. The van der Waals surface area contributed by atoms with Gasteiger partial charge in [0.1, 0.15) is 67.4 Å². The van der Waals surface area contributed by atoms with Crippen LogP contribution in [0.2, 0.25) is 0 Å². The van der Waals surface area contributed by atoms with Crippen molar-refractivity contribution >= 4 is 78.8 Å². The Morgan fingerprint density at radius 3 is 2.31 bits per heavy atom. The van der Waals surface area contributed by atoms with E-state index in [9.17, 15) is 28.9 Å². The zero-order valence-electron chi connectivity index (χ0n) is 32.4. The molecule has 0 aromatic carbocycles. The SMILES string of the molecule is CC1(C(=O)NCC(=O)O)CC/C=C/C(OC(=O)O[C@@H]2[C@@H]3O[P+](=O)OC[C@H]4O[C@@H](n5cnc6c(N)ncnc65)[C@H](OP(O)(=S)OC[C@H]3O[C@H]2n2cnc3c(N)ncnc32)[C@@H]4O)CC1. The van der Waals surface area contributed by atoms with Crippen LogP contribution in [0.1, 0.15) is 45.1 Å².